The second-order valence-corrected chi connectivity index (χ2v) is 5.58. The molecule has 1 heterocycles. The maximum Gasteiger partial charge on any atom is 0.320 e. The van der Waals surface area contributed by atoms with Crippen molar-refractivity contribution in [2.75, 3.05) is 5.32 Å². The predicted octanol–water partition coefficient (Wildman–Crippen LogP) is 3.73. The highest BCUT2D eigenvalue weighted by atomic mass is 79.9. The molecule has 0 spiro atoms. The van der Waals surface area contributed by atoms with Gasteiger partial charge in [0.2, 0.25) is 5.89 Å². The number of halogens is 2. The zero-order chi connectivity index (χ0) is 13.8. The summed E-state index contributed by atoms with van der Waals surface area (Å²) in [6.45, 7) is 4.65. The number of hydrogen-bond acceptors (Lipinski definition) is 5. The SMILES string of the molecule is CC(C)NCc1nnc(Nc2cc(Cl)ccc2Br)o1. The summed E-state index contributed by atoms with van der Waals surface area (Å²) in [7, 11) is 0. The van der Waals surface area contributed by atoms with E-state index >= 15 is 0 Å². The standard InChI is InChI=1S/C12H14BrClN4O/c1-7(2)15-6-11-17-18-12(19-11)16-10-5-8(14)3-4-9(10)13/h3-5,7,15H,6H2,1-2H3,(H,16,18). The number of nitrogens with one attached hydrogen (secondary N) is 2. The molecular formula is C12H14BrClN4O. The smallest absolute Gasteiger partial charge is 0.320 e. The highest BCUT2D eigenvalue weighted by molar-refractivity contribution is 9.10. The summed E-state index contributed by atoms with van der Waals surface area (Å²) < 4.78 is 6.35. The Labute approximate surface area is 124 Å². The maximum atomic E-state index is 5.94. The first-order chi connectivity index (χ1) is 9.04. The molecule has 0 unspecified atom stereocenters. The molecule has 2 rings (SSSR count). The zero-order valence-electron chi connectivity index (χ0n) is 10.6. The Bertz CT molecular complexity index is 558. The van der Waals surface area contributed by atoms with E-state index in [4.69, 9.17) is 16.0 Å². The summed E-state index contributed by atoms with van der Waals surface area (Å²) in [4.78, 5) is 0. The van der Waals surface area contributed by atoms with E-state index in [1.165, 1.54) is 0 Å². The fourth-order valence-electron chi connectivity index (χ4n) is 1.38. The lowest BCUT2D eigenvalue weighted by Crippen LogP contribution is -2.21. The Kier molecular flexibility index (Phi) is 4.79. The minimum Gasteiger partial charge on any atom is -0.406 e. The van der Waals surface area contributed by atoms with Crippen molar-refractivity contribution in [3.05, 3.63) is 33.6 Å². The molecule has 0 aliphatic carbocycles. The van der Waals surface area contributed by atoms with Gasteiger partial charge in [0.15, 0.2) is 0 Å². The van der Waals surface area contributed by atoms with Gasteiger partial charge in [0.05, 0.1) is 12.2 Å². The predicted molar refractivity (Wildman–Crippen MR) is 78.7 cm³/mol. The number of hydrogen-bond donors (Lipinski definition) is 2. The van der Waals surface area contributed by atoms with Crippen LogP contribution in [-0.2, 0) is 6.54 Å². The molecule has 0 aliphatic rings. The van der Waals surface area contributed by atoms with E-state index in [1.807, 2.05) is 6.07 Å². The maximum absolute atomic E-state index is 5.94. The summed E-state index contributed by atoms with van der Waals surface area (Å²) in [5.41, 5.74) is 0.777. The van der Waals surface area contributed by atoms with Gasteiger partial charge in [0, 0.05) is 15.5 Å². The summed E-state index contributed by atoms with van der Waals surface area (Å²) in [6.07, 6.45) is 0. The second kappa shape index (κ2) is 6.36. The van der Waals surface area contributed by atoms with E-state index in [0.29, 0.717) is 29.5 Å². The molecule has 0 aliphatic heterocycles. The van der Waals surface area contributed by atoms with Gasteiger partial charge in [-0.1, -0.05) is 30.5 Å². The van der Waals surface area contributed by atoms with Gasteiger partial charge in [0.1, 0.15) is 0 Å². The summed E-state index contributed by atoms with van der Waals surface area (Å²) in [5, 5.41) is 14.7. The third-order valence-corrected chi connectivity index (χ3v) is 3.22. The minimum atomic E-state index is 0.337. The average Bonchev–Trinajstić information content (AvgIpc) is 2.79. The molecule has 0 radical (unpaired) electrons. The second-order valence-electron chi connectivity index (χ2n) is 4.29. The van der Waals surface area contributed by atoms with Gasteiger partial charge in [-0.25, -0.2) is 0 Å². The van der Waals surface area contributed by atoms with Crippen LogP contribution in [0.25, 0.3) is 0 Å². The van der Waals surface area contributed by atoms with Gasteiger partial charge in [-0.2, -0.15) is 0 Å². The zero-order valence-corrected chi connectivity index (χ0v) is 12.9. The normalized spacial score (nSPS) is 11.0. The van der Waals surface area contributed by atoms with Crippen LogP contribution in [0.4, 0.5) is 11.7 Å². The third-order valence-electron chi connectivity index (χ3n) is 2.30. The average molecular weight is 346 g/mol. The molecule has 0 saturated carbocycles. The van der Waals surface area contributed by atoms with E-state index in [-0.39, 0.29) is 0 Å². The number of anilines is 2. The van der Waals surface area contributed by atoms with Crippen molar-refractivity contribution < 1.29 is 4.42 Å². The van der Waals surface area contributed by atoms with Crippen molar-refractivity contribution in [2.45, 2.75) is 26.4 Å². The van der Waals surface area contributed by atoms with Crippen LogP contribution in [0.2, 0.25) is 5.02 Å². The lowest BCUT2D eigenvalue weighted by atomic mass is 10.3. The molecule has 0 fully saturated rings. The topological polar surface area (TPSA) is 63.0 Å². The lowest BCUT2D eigenvalue weighted by Gasteiger charge is -2.05. The molecule has 2 N–H and O–H groups in total. The molecule has 2 aromatic rings. The van der Waals surface area contributed by atoms with Crippen molar-refractivity contribution >= 4 is 39.2 Å². The molecule has 0 amide bonds. The Morgan fingerprint density at radius 3 is 2.89 bits per heavy atom. The van der Waals surface area contributed by atoms with E-state index < -0.39 is 0 Å². The molecular weight excluding hydrogens is 332 g/mol. The van der Waals surface area contributed by atoms with E-state index in [2.05, 4.69) is 50.6 Å². The van der Waals surface area contributed by atoms with Crippen LogP contribution in [0.1, 0.15) is 19.7 Å². The number of nitrogens with zero attached hydrogens (tertiary/aromatic N) is 2. The molecule has 5 nitrogen and oxygen atoms in total. The highest BCUT2D eigenvalue weighted by Gasteiger charge is 2.08. The van der Waals surface area contributed by atoms with Crippen LogP contribution in [0.15, 0.2) is 27.1 Å². The van der Waals surface area contributed by atoms with Crippen molar-refractivity contribution in [1.29, 1.82) is 0 Å². The monoisotopic (exact) mass is 344 g/mol. The molecule has 0 bridgehead atoms. The number of benzene rings is 1. The lowest BCUT2D eigenvalue weighted by molar-refractivity contribution is 0.460. The molecule has 1 aromatic heterocycles. The van der Waals surface area contributed by atoms with Gasteiger partial charge in [-0.15, -0.1) is 5.10 Å². The van der Waals surface area contributed by atoms with Gasteiger partial charge < -0.3 is 15.1 Å². The van der Waals surface area contributed by atoms with Crippen molar-refractivity contribution in [1.82, 2.24) is 15.5 Å². The largest absolute Gasteiger partial charge is 0.406 e. The molecule has 7 heteroatoms. The number of aromatic nitrogens is 2. The summed E-state index contributed by atoms with van der Waals surface area (Å²) in [6, 6.07) is 6.13. The van der Waals surface area contributed by atoms with Crippen molar-refractivity contribution in [2.24, 2.45) is 0 Å². The number of rotatable bonds is 5. The van der Waals surface area contributed by atoms with E-state index in [1.54, 1.807) is 12.1 Å². The Hall–Kier alpha value is -1.11. The molecule has 0 saturated heterocycles. The Morgan fingerprint density at radius 1 is 1.37 bits per heavy atom. The van der Waals surface area contributed by atoms with Crippen LogP contribution < -0.4 is 10.6 Å². The van der Waals surface area contributed by atoms with Crippen molar-refractivity contribution in [3.8, 4) is 0 Å². The quantitative estimate of drug-likeness (QED) is 0.864. The molecule has 102 valence electrons. The van der Waals surface area contributed by atoms with Crippen LogP contribution in [0.3, 0.4) is 0 Å². The van der Waals surface area contributed by atoms with Crippen LogP contribution in [0.5, 0.6) is 0 Å². The molecule has 0 atom stereocenters. The van der Waals surface area contributed by atoms with Crippen LogP contribution in [0, 0.1) is 0 Å². The van der Waals surface area contributed by atoms with Gasteiger partial charge >= 0.3 is 6.01 Å². The summed E-state index contributed by atoms with van der Waals surface area (Å²) >= 11 is 9.36. The first-order valence-electron chi connectivity index (χ1n) is 5.82. The van der Waals surface area contributed by atoms with Crippen LogP contribution in [-0.4, -0.2) is 16.2 Å². The van der Waals surface area contributed by atoms with Gasteiger partial charge in [-0.05, 0) is 34.1 Å². The first kappa shape index (κ1) is 14.3. The highest BCUT2D eigenvalue weighted by Crippen LogP contribution is 2.28. The fourth-order valence-corrected chi connectivity index (χ4v) is 1.89. The van der Waals surface area contributed by atoms with E-state index in [0.717, 1.165) is 10.2 Å². The molecule has 19 heavy (non-hydrogen) atoms. The van der Waals surface area contributed by atoms with Crippen LogP contribution >= 0.6 is 27.5 Å². The fraction of sp³-hybridized carbons (Fsp3) is 0.333. The van der Waals surface area contributed by atoms with Gasteiger partial charge in [0.25, 0.3) is 0 Å². The summed E-state index contributed by atoms with van der Waals surface area (Å²) in [5.74, 6) is 0.536. The Morgan fingerprint density at radius 2 is 2.16 bits per heavy atom. The van der Waals surface area contributed by atoms with E-state index in [9.17, 15) is 0 Å². The Balaban J connectivity index is 2.05. The minimum absolute atomic E-state index is 0.337. The van der Waals surface area contributed by atoms with Gasteiger partial charge in [-0.3, -0.25) is 0 Å². The first-order valence-corrected chi connectivity index (χ1v) is 6.99. The third kappa shape index (κ3) is 4.19. The molecule has 1 aromatic carbocycles. The van der Waals surface area contributed by atoms with Crippen molar-refractivity contribution in [3.63, 3.8) is 0 Å².